The van der Waals surface area contributed by atoms with Crippen LogP contribution >= 0.6 is 11.3 Å². The number of hydrogen-bond donors (Lipinski definition) is 1. The van der Waals surface area contributed by atoms with E-state index in [0.29, 0.717) is 19.4 Å². The Kier molecular flexibility index (Phi) is 5.15. The second-order valence-corrected chi connectivity index (χ2v) is 7.00. The molecule has 3 rings (SSSR count). The molecule has 25 heavy (non-hydrogen) atoms. The van der Waals surface area contributed by atoms with Gasteiger partial charge in [-0.2, -0.15) is 24.5 Å². The molecule has 1 saturated heterocycles. The number of rotatable bonds is 4. The lowest BCUT2D eigenvalue weighted by Gasteiger charge is -2.38. The summed E-state index contributed by atoms with van der Waals surface area (Å²) in [6, 6.07) is 6.79. The molecule has 1 aromatic carbocycles. The Morgan fingerprint density at radius 3 is 2.68 bits per heavy atom. The predicted octanol–water partition coefficient (Wildman–Crippen LogP) is 4.65. The minimum absolute atomic E-state index is 0.180. The second kappa shape index (κ2) is 7.17. The van der Waals surface area contributed by atoms with Gasteiger partial charge >= 0.3 is 12.1 Å². The Hall–Kier alpha value is -1.86. The molecule has 1 N–H and O–H groups in total. The Labute approximate surface area is 147 Å². The summed E-state index contributed by atoms with van der Waals surface area (Å²) in [4.78, 5) is 13.2. The van der Waals surface area contributed by atoms with E-state index < -0.39 is 29.7 Å². The van der Waals surface area contributed by atoms with Gasteiger partial charge in [-0.15, -0.1) is 0 Å². The molecule has 1 aliphatic rings. The minimum Gasteiger partial charge on any atom is -0.481 e. The molecule has 1 fully saturated rings. The number of likely N-dealkylation sites (tertiary alicyclic amines) is 1. The zero-order chi connectivity index (χ0) is 18.0. The van der Waals surface area contributed by atoms with Crippen LogP contribution in [0.3, 0.4) is 0 Å². The first-order chi connectivity index (χ1) is 11.9. The number of carboxylic acid groups (broad SMARTS) is 1. The zero-order valence-electron chi connectivity index (χ0n) is 13.4. The number of halogens is 3. The van der Waals surface area contributed by atoms with E-state index in [2.05, 4.69) is 0 Å². The minimum atomic E-state index is -4.45. The highest BCUT2D eigenvalue weighted by molar-refractivity contribution is 7.08. The summed E-state index contributed by atoms with van der Waals surface area (Å²) in [6.45, 7) is 0.832. The molecule has 0 aliphatic carbocycles. The highest BCUT2D eigenvalue weighted by Gasteiger charge is 2.38. The van der Waals surface area contributed by atoms with Gasteiger partial charge < -0.3 is 5.11 Å². The van der Waals surface area contributed by atoms with E-state index in [1.165, 1.54) is 23.5 Å². The molecule has 0 spiro atoms. The third-order valence-electron chi connectivity index (χ3n) is 4.59. The fourth-order valence-corrected chi connectivity index (χ4v) is 4.13. The van der Waals surface area contributed by atoms with Gasteiger partial charge in [0.05, 0.1) is 17.5 Å². The summed E-state index contributed by atoms with van der Waals surface area (Å²) in [5, 5.41) is 13.0. The fourth-order valence-electron chi connectivity index (χ4n) is 3.45. The van der Waals surface area contributed by atoms with Crippen LogP contribution in [0.15, 0.2) is 41.1 Å². The molecular weight excluding hydrogens is 351 g/mol. The zero-order valence-corrected chi connectivity index (χ0v) is 14.2. The van der Waals surface area contributed by atoms with Gasteiger partial charge in [0, 0.05) is 6.54 Å². The number of hydrogen-bond acceptors (Lipinski definition) is 3. The van der Waals surface area contributed by atoms with E-state index in [1.54, 1.807) is 6.07 Å². The summed E-state index contributed by atoms with van der Waals surface area (Å²) >= 11 is 1.42. The number of piperidine rings is 1. The van der Waals surface area contributed by atoms with Crippen LogP contribution in [0.25, 0.3) is 0 Å². The topological polar surface area (TPSA) is 40.5 Å². The van der Waals surface area contributed by atoms with Crippen LogP contribution in [-0.2, 0) is 11.0 Å². The fraction of sp³-hybridized carbons (Fsp3) is 0.389. The van der Waals surface area contributed by atoms with Crippen molar-refractivity contribution in [3.8, 4) is 0 Å². The van der Waals surface area contributed by atoms with Gasteiger partial charge in [-0.3, -0.25) is 9.69 Å². The highest BCUT2D eigenvalue weighted by atomic mass is 32.1. The molecule has 134 valence electrons. The van der Waals surface area contributed by atoms with Crippen molar-refractivity contribution in [2.45, 2.75) is 25.1 Å². The Morgan fingerprint density at radius 1 is 1.28 bits per heavy atom. The lowest BCUT2D eigenvalue weighted by Crippen LogP contribution is -2.41. The maximum atomic E-state index is 13.5. The smallest absolute Gasteiger partial charge is 0.416 e. The molecule has 1 aliphatic heterocycles. The first-order valence-electron chi connectivity index (χ1n) is 8.03. The van der Waals surface area contributed by atoms with Crippen LogP contribution in [0.5, 0.6) is 0 Å². The largest absolute Gasteiger partial charge is 0.481 e. The molecule has 0 saturated carbocycles. The lowest BCUT2D eigenvalue weighted by molar-refractivity contribution is -0.144. The van der Waals surface area contributed by atoms with Gasteiger partial charge in [0.15, 0.2) is 0 Å². The predicted molar refractivity (Wildman–Crippen MR) is 89.5 cm³/mol. The summed E-state index contributed by atoms with van der Waals surface area (Å²) in [5.74, 6) is -1.44. The average molecular weight is 369 g/mol. The van der Waals surface area contributed by atoms with Crippen LogP contribution in [0.1, 0.15) is 35.6 Å². The van der Waals surface area contributed by atoms with Crippen molar-refractivity contribution in [1.29, 1.82) is 0 Å². The van der Waals surface area contributed by atoms with Gasteiger partial charge in [-0.1, -0.05) is 18.2 Å². The van der Waals surface area contributed by atoms with E-state index in [-0.39, 0.29) is 12.1 Å². The van der Waals surface area contributed by atoms with Crippen molar-refractivity contribution in [2.24, 2.45) is 5.92 Å². The third kappa shape index (κ3) is 3.88. The maximum Gasteiger partial charge on any atom is 0.416 e. The quantitative estimate of drug-likeness (QED) is 0.853. The van der Waals surface area contributed by atoms with Crippen LogP contribution < -0.4 is 0 Å². The molecular formula is C18H18F3NO2S. The lowest BCUT2D eigenvalue weighted by atomic mass is 9.90. The molecule has 2 heterocycles. The van der Waals surface area contributed by atoms with E-state index in [9.17, 15) is 23.1 Å². The third-order valence-corrected chi connectivity index (χ3v) is 5.29. The van der Waals surface area contributed by atoms with Gasteiger partial charge in [-0.25, -0.2) is 0 Å². The standard InChI is InChI=1S/C18H18F3NO2S/c19-18(20,21)15-6-2-1-5-14(15)16(13-7-9-25-11-13)22-8-3-4-12(10-22)17(23)24/h1-2,5-7,9,11-12,16H,3-4,8,10H2,(H,23,24). The first kappa shape index (κ1) is 17.9. The van der Waals surface area contributed by atoms with Crippen molar-refractivity contribution in [1.82, 2.24) is 4.90 Å². The maximum absolute atomic E-state index is 13.5. The number of thiophene rings is 1. The molecule has 0 bridgehead atoms. The molecule has 2 unspecified atom stereocenters. The Balaban J connectivity index is 2.05. The summed E-state index contributed by atoms with van der Waals surface area (Å²) in [6.07, 6.45) is -3.23. The molecule has 0 amide bonds. The van der Waals surface area contributed by atoms with Gasteiger partial charge in [0.2, 0.25) is 0 Å². The van der Waals surface area contributed by atoms with E-state index in [0.717, 1.165) is 11.6 Å². The molecule has 2 aromatic rings. The molecule has 3 nitrogen and oxygen atoms in total. The van der Waals surface area contributed by atoms with E-state index in [1.807, 2.05) is 21.7 Å². The molecule has 1 aromatic heterocycles. The summed E-state index contributed by atoms with van der Waals surface area (Å²) in [5.41, 5.74) is 0.288. The number of benzene rings is 1. The van der Waals surface area contributed by atoms with Crippen molar-refractivity contribution < 1.29 is 23.1 Å². The monoisotopic (exact) mass is 369 g/mol. The summed E-state index contributed by atoms with van der Waals surface area (Å²) < 4.78 is 40.5. The Morgan fingerprint density at radius 2 is 2.04 bits per heavy atom. The van der Waals surface area contributed by atoms with E-state index in [4.69, 9.17) is 0 Å². The SMILES string of the molecule is O=C(O)C1CCCN(C(c2ccsc2)c2ccccc2C(F)(F)F)C1. The number of aliphatic carboxylic acids is 1. The highest BCUT2D eigenvalue weighted by Crippen LogP contribution is 2.40. The van der Waals surface area contributed by atoms with Crippen LogP contribution in [0.2, 0.25) is 0 Å². The average Bonchev–Trinajstić information content (AvgIpc) is 3.09. The van der Waals surface area contributed by atoms with Gasteiger partial charge in [0.25, 0.3) is 0 Å². The number of nitrogens with zero attached hydrogens (tertiary/aromatic N) is 1. The van der Waals surface area contributed by atoms with Gasteiger partial charge in [-0.05, 0) is 53.4 Å². The molecule has 7 heteroatoms. The van der Waals surface area contributed by atoms with Gasteiger partial charge in [0.1, 0.15) is 0 Å². The summed E-state index contributed by atoms with van der Waals surface area (Å²) in [7, 11) is 0. The van der Waals surface area contributed by atoms with Crippen molar-refractivity contribution in [3.63, 3.8) is 0 Å². The Bertz CT molecular complexity index is 730. The van der Waals surface area contributed by atoms with Crippen LogP contribution in [-0.4, -0.2) is 29.1 Å². The van der Waals surface area contributed by atoms with Crippen molar-refractivity contribution in [3.05, 3.63) is 57.8 Å². The number of carbonyl (C=O) groups is 1. The van der Waals surface area contributed by atoms with Crippen LogP contribution in [0.4, 0.5) is 13.2 Å². The normalized spacial score (nSPS) is 20.4. The molecule has 0 radical (unpaired) electrons. The first-order valence-corrected chi connectivity index (χ1v) is 8.97. The van der Waals surface area contributed by atoms with Crippen LogP contribution in [0, 0.1) is 5.92 Å². The number of alkyl halides is 3. The number of carboxylic acids is 1. The second-order valence-electron chi connectivity index (χ2n) is 6.22. The van der Waals surface area contributed by atoms with Crippen molar-refractivity contribution >= 4 is 17.3 Å². The van der Waals surface area contributed by atoms with E-state index >= 15 is 0 Å². The molecule has 2 atom stereocenters. The van der Waals surface area contributed by atoms with Crippen molar-refractivity contribution in [2.75, 3.05) is 13.1 Å².